The maximum absolute atomic E-state index is 11.7. The van der Waals surface area contributed by atoms with E-state index in [0.29, 0.717) is 0 Å². The lowest BCUT2D eigenvalue weighted by Gasteiger charge is -2.07. The highest BCUT2D eigenvalue weighted by Crippen LogP contribution is 2.16. The lowest BCUT2D eigenvalue weighted by atomic mass is 10.1. The first-order valence-corrected chi connectivity index (χ1v) is 6.99. The Labute approximate surface area is 116 Å². The maximum Gasteiger partial charge on any atom is 0.338 e. The van der Waals surface area contributed by atoms with Crippen molar-refractivity contribution in [2.45, 2.75) is 11.8 Å². The van der Waals surface area contributed by atoms with Crippen LogP contribution in [0, 0.1) is 0 Å². The van der Waals surface area contributed by atoms with Crippen molar-refractivity contribution in [1.82, 2.24) is 0 Å². The molecule has 0 fully saturated rings. The Balaban J connectivity index is 3.16. The van der Waals surface area contributed by atoms with Crippen molar-refractivity contribution in [3.05, 3.63) is 29.3 Å². The molecule has 1 aromatic rings. The molecule has 0 aliphatic heterocycles. The molecule has 7 nitrogen and oxygen atoms in total. The van der Waals surface area contributed by atoms with Gasteiger partial charge in [0.15, 0.2) is 5.78 Å². The number of carbonyl (C=O) groups excluding carboxylic acids is 2. The Bertz CT molecular complexity index is 619. The number of methoxy groups -OCH3 is 1. The Morgan fingerprint density at radius 2 is 1.75 bits per heavy atom. The largest absolute Gasteiger partial charge is 0.460 e. The van der Waals surface area contributed by atoms with Gasteiger partial charge in [0.25, 0.3) is 10.1 Å². The maximum atomic E-state index is 11.7. The van der Waals surface area contributed by atoms with Gasteiger partial charge >= 0.3 is 5.97 Å². The summed E-state index contributed by atoms with van der Waals surface area (Å²) in [4.78, 5) is 22.5. The average molecular weight is 302 g/mol. The molecule has 0 radical (unpaired) electrons. The monoisotopic (exact) mass is 302 g/mol. The average Bonchev–Trinajstić information content (AvgIpc) is 2.37. The first-order valence-electron chi connectivity index (χ1n) is 5.55. The van der Waals surface area contributed by atoms with Crippen molar-refractivity contribution < 1.29 is 32.0 Å². The van der Waals surface area contributed by atoms with E-state index in [4.69, 9.17) is 14.0 Å². The standard InChI is InChI=1S/C12H14O7S/c1-8(13)9-5-10(12(14)19-4-3-18-2)7-11(6-9)20(15,16)17/h5-7H,3-4H2,1-2H3,(H,15,16,17). The van der Waals surface area contributed by atoms with Crippen LogP contribution in [-0.2, 0) is 19.6 Å². The van der Waals surface area contributed by atoms with Crippen molar-refractivity contribution in [1.29, 1.82) is 0 Å². The zero-order valence-corrected chi connectivity index (χ0v) is 11.8. The lowest BCUT2D eigenvalue weighted by molar-refractivity contribution is 0.0388. The molecule has 1 aromatic carbocycles. The first-order chi connectivity index (χ1) is 9.25. The topological polar surface area (TPSA) is 107 Å². The van der Waals surface area contributed by atoms with Crippen LogP contribution in [-0.4, -0.2) is 45.0 Å². The zero-order chi connectivity index (χ0) is 15.3. The van der Waals surface area contributed by atoms with Crippen LogP contribution in [0.25, 0.3) is 0 Å². The normalized spacial score (nSPS) is 11.2. The van der Waals surface area contributed by atoms with Gasteiger partial charge in [-0.2, -0.15) is 8.42 Å². The van der Waals surface area contributed by atoms with Crippen LogP contribution >= 0.6 is 0 Å². The summed E-state index contributed by atoms with van der Waals surface area (Å²) in [6.45, 7) is 1.38. The van der Waals surface area contributed by atoms with Crippen molar-refractivity contribution in [2.24, 2.45) is 0 Å². The van der Waals surface area contributed by atoms with Crippen molar-refractivity contribution in [2.75, 3.05) is 20.3 Å². The molecule has 1 rings (SSSR count). The summed E-state index contributed by atoms with van der Waals surface area (Å²) >= 11 is 0. The van der Waals surface area contributed by atoms with Crippen LogP contribution in [0.4, 0.5) is 0 Å². The first kappa shape index (κ1) is 16.3. The van der Waals surface area contributed by atoms with Crippen LogP contribution in [0.2, 0.25) is 0 Å². The number of rotatable bonds is 6. The van der Waals surface area contributed by atoms with Gasteiger partial charge in [-0.15, -0.1) is 0 Å². The highest BCUT2D eigenvalue weighted by molar-refractivity contribution is 7.85. The molecule has 8 heteroatoms. The summed E-state index contributed by atoms with van der Waals surface area (Å²) < 4.78 is 40.8. The van der Waals surface area contributed by atoms with Crippen molar-refractivity contribution in [3.63, 3.8) is 0 Å². The van der Waals surface area contributed by atoms with E-state index >= 15 is 0 Å². The fourth-order valence-electron chi connectivity index (χ4n) is 1.37. The molecule has 0 amide bonds. The number of Topliss-reactive ketones (excluding diaryl/α,β-unsaturated/α-hetero) is 1. The number of ether oxygens (including phenoxy) is 2. The summed E-state index contributed by atoms with van der Waals surface area (Å²) in [6.07, 6.45) is 0. The van der Waals surface area contributed by atoms with Gasteiger partial charge in [-0.1, -0.05) is 0 Å². The highest BCUT2D eigenvalue weighted by atomic mass is 32.2. The van der Waals surface area contributed by atoms with Crippen LogP contribution in [0.3, 0.4) is 0 Å². The third kappa shape index (κ3) is 4.41. The van der Waals surface area contributed by atoms with Gasteiger partial charge in [0.2, 0.25) is 0 Å². The molecule has 20 heavy (non-hydrogen) atoms. The minimum absolute atomic E-state index is 0.0131. The van der Waals surface area contributed by atoms with Gasteiger partial charge in [0, 0.05) is 12.7 Å². The number of hydrogen-bond acceptors (Lipinski definition) is 6. The predicted octanol–water partition coefficient (Wildman–Crippen LogP) is 0.939. The number of benzene rings is 1. The van der Waals surface area contributed by atoms with Crippen LogP contribution < -0.4 is 0 Å². The summed E-state index contributed by atoms with van der Waals surface area (Å²) in [5.41, 5.74) is -0.153. The third-order valence-electron chi connectivity index (χ3n) is 2.37. The van der Waals surface area contributed by atoms with Gasteiger partial charge in [0.1, 0.15) is 6.61 Å². The Morgan fingerprint density at radius 3 is 2.25 bits per heavy atom. The lowest BCUT2D eigenvalue weighted by Crippen LogP contribution is -2.12. The van der Waals surface area contributed by atoms with E-state index in [1.807, 2.05) is 0 Å². The molecule has 0 unspecified atom stereocenters. The van der Waals surface area contributed by atoms with E-state index < -0.39 is 26.8 Å². The molecular weight excluding hydrogens is 288 g/mol. The van der Waals surface area contributed by atoms with E-state index in [1.54, 1.807) is 0 Å². The molecule has 0 aliphatic carbocycles. The quantitative estimate of drug-likeness (QED) is 0.360. The Hall–Kier alpha value is -1.77. The number of hydrogen-bond donors (Lipinski definition) is 1. The van der Waals surface area contributed by atoms with Crippen LogP contribution in [0.1, 0.15) is 27.6 Å². The van der Waals surface area contributed by atoms with E-state index in [0.717, 1.165) is 12.1 Å². The van der Waals surface area contributed by atoms with Crippen molar-refractivity contribution >= 4 is 21.9 Å². The van der Waals surface area contributed by atoms with E-state index in [-0.39, 0.29) is 24.3 Å². The second-order valence-corrected chi connectivity index (χ2v) is 5.33. The molecule has 0 atom stereocenters. The molecule has 0 aromatic heterocycles. The van der Waals surface area contributed by atoms with Crippen LogP contribution in [0.15, 0.2) is 23.1 Å². The van der Waals surface area contributed by atoms with Gasteiger partial charge in [-0.05, 0) is 25.1 Å². The number of carbonyl (C=O) groups is 2. The van der Waals surface area contributed by atoms with Gasteiger partial charge in [-0.3, -0.25) is 9.35 Å². The molecule has 110 valence electrons. The molecule has 0 bridgehead atoms. The summed E-state index contributed by atoms with van der Waals surface area (Å²) in [5.74, 6) is -1.25. The fourth-order valence-corrected chi connectivity index (χ4v) is 1.92. The Morgan fingerprint density at radius 1 is 1.15 bits per heavy atom. The molecule has 0 aliphatic rings. The van der Waals surface area contributed by atoms with E-state index in [2.05, 4.69) is 0 Å². The van der Waals surface area contributed by atoms with Crippen LogP contribution in [0.5, 0.6) is 0 Å². The van der Waals surface area contributed by atoms with Gasteiger partial charge < -0.3 is 9.47 Å². The predicted molar refractivity (Wildman–Crippen MR) is 68.4 cm³/mol. The highest BCUT2D eigenvalue weighted by Gasteiger charge is 2.18. The second-order valence-electron chi connectivity index (χ2n) is 3.91. The molecule has 1 N–H and O–H groups in total. The number of esters is 1. The smallest absolute Gasteiger partial charge is 0.338 e. The third-order valence-corrected chi connectivity index (χ3v) is 3.20. The van der Waals surface area contributed by atoms with Gasteiger partial charge in [-0.25, -0.2) is 4.79 Å². The number of ketones is 1. The molecule has 0 saturated carbocycles. The second kappa shape index (κ2) is 6.60. The Kier molecular flexibility index (Phi) is 5.37. The SMILES string of the molecule is COCCOC(=O)c1cc(C(C)=O)cc(S(=O)(=O)O)c1. The van der Waals surface area contributed by atoms with E-state index in [9.17, 15) is 18.0 Å². The summed E-state index contributed by atoms with van der Waals surface area (Å²) in [7, 11) is -3.09. The van der Waals surface area contributed by atoms with E-state index in [1.165, 1.54) is 20.1 Å². The molecular formula is C12H14O7S. The minimum atomic E-state index is -4.52. The summed E-state index contributed by atoms with van der Waals surface area (Å²) in [5, 5.41) is 0. The molecule has 0 spiro atoms. The van der Waals surface area contributed by atoms with Gasteiger partial charge in [0.05, 0.1) is 17.1 Å². The minimum Gasteiger partial charge on any atom is -0.460 e. The summed E-state index contributed by atoms with van der Waals surface area (Å²) in [6, 6.07) is 3.13. The van der Waals surface area contributed by atoms with Crippen molar-refractivity contribution in [3.8, 4) is 0 Å². The molecule has 0 saturated heterocycles. The zero-order valence-electron chi connectivity index (χ0n) is 11.0. The fraction of sp³-hybridized carbons (Fsp3) is 0.333. The molecule has 0 heterocycles.